The molecule has 1 aromatic rings. The van der Waals surface area contributed by atoms with Gasteiger partial charge in [-0.1, -0.05) is 6.07 Å². The Balaban J connectivity index is 2.14. The average molecular weight is 287 g/mol. The largest absolute Gasteiger partial charge is 0.388 e. The van der Waals surface area contributed by atoms with Gasteiger partial charge in [0.05, 0.1) is 12.2 Å². The molecule has 2 atom stereocenters. The van der Waals surface area contributed by atoms with E-state index in [1.807, 2.05) is 0 Å². The van der Waals surface area contributed by atoms with Gasteiger partial charge < -0.3 is 15.1 Å². The lowest BCUT2D eigenvalue weighted by molar-refractivity contribution is 0.0572. The highest BCUT2D eigenvalue weighted by molar-refractivity contribution is 9.10. The Hall–Kier alpha value is -0.980. The van der Waals surface area contributed by atoms with Gasteiger partial charge in [-0.25, -0.2) is 4.98 Å². The van der Waals surface area contributed by atoms with E-state index in [4.69, 9.17) is 0 Å². The van der Waals surface area contributed by atoms with E-state index in [1.54, 1.807) is 18.2 Å². The van der Waals surface area contributed by atoms with Gasteiger partial charge in [0.2, 0.25) is 0 Å². The maximum atomic E-state index is 11.9. The number of hydrogen-bond acceptors (Lipinski definition) is 4. The van der Waals surface area contributed by atoms with Gasteiger partial charge in [-0.2, -0.15) is 0 Å². The number of rotatable bonds is 1. The Bertz CT molecular complexity index is 403. The van der Waals surface area contributed by atoms with E-state index >= 15 is 0 Å². The third-order valence-electron chi connectivity index (χ3n) is 2.48. The summed E-state index contributed by atoms with van der Waals surface area (Å²) in [5, 5.41) is 18.7. The number of likely N-dealkylation sites (tertiary alicyclic amines) is 1. The molecule has 0 radical (unpaired) electrons. The number of β-amino-alcohol motifs (C(OH)–C–C–N with tert-alkyl or cyclic N) is 2. The van der Waals surface area contributed by atoms with Gasteiger partial charge >= 0.3 is 0 Å². The van der Waals surface area contributed by atoms with Crippen molar-refractivity contribution in [1.29, 1.82) is 0 Å². The van der Waals surface area contributed by atoms with Gasteiger partial charge in [0.1, 0.15) is 10.3 Å². The van der Waals surface area contributed by atoms with E-state index in [2.05, 4.69) is 20.9 Å². The number of halogens is 1. The van der Waals surface area contributed by atoms with E-state index in [0.29, 0.717) is 10.3 Å². The Morgan fingerprint density at radius 1 is 1.38 bits per heavy atom. The molecule has 5 nitrogen and oxygen atoms in total. The second-order valence-electron chi connectivity index (χ2n) is 3.69. The fraction of sp³-hybridized carbons (Fsp3) is 0.400. The lowest BCUT2D eigenvalue weighted by Crippen LogP contribution is -2.30. The molecule has 1 saturated heterocycles. The summed E-state index contributed by atoms with van der Waals surface area (Å²) in [7, 11) is 0. The van der Waals surface area contributed by atoms with Crippen LogP contribution >= 0.6 is 15.9 Å². The molecule has 1 aliphatic rings. The summed E-state index contributed by atoms with van der Waals surface area (Å²) in [4.78, 5) is 17.3. The highest BCUT2D eigenvalue weighted by Crippen LogP contribution is 2.14. The molecule has 0 aromatic carbocycles. The normalized spacial score (nSPS) is 24.8. The topological polar surface area (TPSA) is 73.7 Å². The van der Waals surface area contributed by atoms with Crippen LogP contribution < -0.4 is 0 Å². The number of aliphatic hydroxyl groups excluding tert-OH is 2. The first kappa shape index (κ1) is 11.5. The number of carbonyl (C=O) groups excluding carboxylic acids is 1. The number of aliphatic hydroxyl groups is 2. The molecule has 0 saturated carbocycles. The SMILES string of the molecule is O=C(c1cccc(Br)n1)N1CC(O)C(O)C1. The van der Waals surface area contributed by atoms with E-state index in [0.717, 1.165) is 0 Å². The van der Waals surface area contributed by atoms with Crippen molar-refractivity contribution >= 4 is 21.8 Å². The monoisotopic (exact) mass is 286 g/mol. The highest BCUT2D eigenvalue weighted by atomic mass is 79.9. The molecular weight excluding hydrogens is 276 g/mol. The minimum Gasteiger partial charge on any atom is -0.388 e. The lowest BCUT2D eigenvalue weighted by Gasteiger charge is -2.14. The molecule has 2 N–H and O–H groups in total. The maximum Gasteiger partial charge on any atom is 0.272 e. The average Bonchev–Trinajstić information content (AvgIpc) is 2.58. The number of amides is 1. The van der Waals surface area contributed by atoms with Gasteiger partial charge in [-0.15, -0.1) is 0 Å². The molecule has 1 aliphatic heterocycles. The number of aromatic nitrogens is 1. The van der Waals surface area contributed by atoms with Gasteiger partial charge in [0.15, 0.2) is 0 Å². The molecule has 2 heterocycles. The van der Waals surface area contributed by atoms with Gasteiger partial charge in [-0.05, 0) is 28.1 Å². The third-order valence-corrected chi connectivity index (χ3v) is 2.92. The van der Waals surface area contributed by atoms with Crippen LogP contribution in [-0.4, -0.2) is 51.3 Å². The van der Waals surface area contributed by atoms with Crippen molar-refractivity contribution in [3.63, 3.8) is 0 Å². The van der Waals surface area contributed by atoms with E-state index in [-0.39, 0.29) is 19.0 Å². The molecule has 2 rings (SSSR count). The predicted octanol–water partition coefficient (Wildman–Crippen LogP) is 0.0217. The van der Waals surface area contributed by atoms with Crippen LogP contribution in [0.3, 0.4) is 0 Å². The summed E-state index contributed by atoms with van der Waals surface area (Å²) in [6.07, 6.45) is -1.73. The molecule has 6 heteroatoms. The summed E-state index contributed by atoms with van der Waals surface area (Å²) < 4.78 is 0.582. The van der Waals surface area contributed by atoms with Crippen molar-refractivity contribution in [1.82, 2.24) is 9.88 Å². The van der Waals surface area contributed by atoms with Crippen molar-refractivity contribution in [3.05, 3.63) is 28.5 Å². The first-order valence-electron chi connectivity index (χ1n) is 4.86. The summed E-state index contributed by atoms with van der Waals surface area (Å²) >= 11 is 3.18. The van der Waals surface area contributed by atoms with Crippen LogP contribution in [0.25, 0.3) is 0 Å². The van der Waals surface area contributed by atoms with Crippen molar-refractivity contribution in [2.24, 2.45) is 0 Å². The number of hydrogen-bond donors (Lipinski definition) is 2. The fourth-order valence-corrected chi connectivity index (χ4v) is 1.97. The zero-order chi connectivity index (χ0) is 11.7. The minimum absolute atomic E-state index is 0.147. The molecule has 0 bridgehead atoms. The Morgan fingerprint density at radius 2 is 2.00 bits per heavy atom. The Kier molecular flexibility index (Phi) is 3.22. The second kappa shape index (κ2) is 4.48. The molecule has 0 aliphatic carbocycles. The Labute approximate surface area is 101 Å². The molecule has 1 fully saturated rings. The van der Waals surface area contributed by atoms with E-state index < -0.39 is 12.2 Å². The minimum atomic E-state index is -0.865. The van der Waals surface area contributed by atoms with Crippen LogP contribution in [0.2, 0.25) is 0 Å². The smallest absolute Gasteiger partial charge is 0.272 e. The summed E-state index contributed by atoms with van der Waals surface area (Å²) in [5.74, 6) is -0.281. The molecule has 86 valence electrons. The predicted molar refractivity (Wildman–Crippen MR) is 59.9 cm³/mol. The van der Waals surface area contributed by atoms with Gasteiger partial charge in [0, 0.05) is 13.1 Å². The molecule has 0 spiro atoms. The molecule has 1 amide bonds. The Morgan fingerprint density at radius 3 is 2.56 bits per heavy atom. The maximum absolute atomic E-state index is 11.9. The zero-order valence-electron chi connectivity index (χ0n) is 8.38. The number of carbonyl (C=O) groups is 1. The van der Waals surface area contributed by atoms with Crippen molar-refractivity contribution in [3.8, 4) is 0 Å². The number of pyridine rings is 1. The van der Waals surface area contributed by atoms with Crippen LogP contribution in [-0.2, 0) is 0 Å². The first-order valence-corrected chi connectivity index (χ1v) is 5.65. The first-order chi connectivity index (χ1) is 7.58. The zero-order valence-corrected chi connectivity index (χ0v) is 9.96. The summed E-state index contributed by atoms with van der Waals surface area (Å²) in [6, 6.07) is 5.04. The van der Waals surface area contributed by atoms with Crippen LogP contribution in [0.5, 0.6) is 0 Å². The van der Waals surface area contributed by atoms with Crippen molar-refractivity contribution in [2.75, 3.05) is 13.1 Å². The molecular formula is C10H11BrN2O3. The highest BCUT2D eigenvalue weighted by Gasteiger charge is 2.33. The summed E-state index contributed by atoms with van der Waals surface area (Å²) in [5.41, 5.74) is 0.302. The van der Waals surface area contributed by atoms with Crippen LogP contribution in [0, 0.1) is 0 Å². The second-order valence-corrected chi connectivity index (χ2v) is 4.50. The standard InChI is InChI=1S/C10H11BrN2O3/c11-9-3-1-2-6(12-9)10(16)13-4-7(14)8(15)5-13/h1-3,7-8,14-15H,4-5H2. The van der Waals surface area contributed by atoms with Crippen LogP contribution in [0.4, 0.5) is 0 Å². The van der Waals surface area contributed by atoms with E-state index in [1.165, 1.54) is 4.90 Å². The number of nitrogens with zero attached hydrogens (tertiary/aromatic N) is 2. The van der Waals surface area contributed by atoms with Crippen molar-refractivity contribution in [2.45, 2.75) is 12.2 Å². The molecule has 16 heavy (non-hydrogen) atoms. The third kappa shape index (κ3) is 2.23. The van der Waals surface area contributed by atoms with Gasteiger partial charge in [0.25, 0.3) is 5.91 Å². The van der Waals surface area contributed by atoms with Crippen molar-refractivity contribution < 1.29 is 15.0 Å². The quantitative estimate of drug-likeness (QED) is 0.714. The molecule has 2 unspecified atom stereocenters. The van der Waals surface area contributed by atoms with E-state index in [9.17, 15) is 15.0 Å². The lowest BCUT2D eigenvalue weighted by atomic mass is 10.3. The van der Waals surface area contributed by atoms with Crippen LogP contribution in [0.1, 0.15) is 10.5 Å². The summed E-state index contributed by atoms with van der Waals surface area (Å²) in [6.45, 7) is 0.294. The fourth-order valence-electron chi connectivity index (χ4n) is 1.62. The molecule has 1 aromatic heterocycles. The van der Waals surface area contributed by atoms with Crippen LogP contribution in [0.15, 0.2) is 22.8 Å². The van der Waals surface area contributed by atoms with Gasteiger partial charge in [-0.3, -0.25) is 4.79 Å².